The maximum Gasteiger partial charge on any atom is 0.0876 e. The molecule has 0 atom stereocenters. The number of rotatable bonds is 5. The predicted octanol–water partition coefficient (Wildman–Crippen LogP) is 4.06. The molecule has 1 aliphatic carbocycles. The fraction of sp³-hybridized carbons (Fsp3) is 0.375. The molecule has 4 heteroatoms. The van der Waals surface area contributed by atoms with Gasteiger partial charge in [0.25, 0.3) is 0 Å². The molecule has 0 saturated heterocycles. The molecule has 0 amide bonds. The van der Waals surface area contributed by atoms with Crippen LogP contribution in [0.1, 0.15) is 50.2 Å². The molecule has 4 nitrogen and oxygen atoms in total. The Morgan fingerprint density at radius 3 is 2.80 bits per heavy atom. The molecule has 20 heavy (non-hydrogen) atoms. The van der Waals surface area contributed by atoms with Crippen molar-refractivity contribution in [3.63, 3.8) is 0 Å². The number of nitrogens with zero attached hydrogens (tertiary/aromatic N) is 2. The molecule has 0 bridgehead atoms. The van der Waals surface area contributed by atoms with E-state index < -0.39 is 0 Å². The van der Waals surface area contributed by atoms with Crippen molar-refractivity contribution >= 4 is 17.5 Å². The number of oxime groups is 2. The van der Waals surface area contributed by atoms with Crippen LogP contribution in [0.25, 0.3) is 5.57 Å². The zero-order chi connectivity index (χ0) is 14.4. The summed E-state index contributed by atoms with van der Waals surface area (Å²) in [6.45, 7) is 2.18. The molecule has 0 saturated carbocycles. The van der Waals surface area contributed by atoms with Gasteiger partial charge >= 0.3 is 0 Å². The smallest absolute Gasteiger partial charge is 0.0876 e. The molecule has 2 rings (SSSR count). The van der Waals surface area contributed by atoms with Gasteiger partial charge in [0.2, 0.25) is 0 Å². The molecule has 0 unspecified atom stereocenters. The van der Waals surface area contributed by atoms with Crippen molar-refractivity contribution in [1.29, 1.82) is 0 Å². The average Bonchev–Trinajstić information content (AvgIpc) is 2.88. The molecule has 0 heterocycles. The van der Waals surface area contributed by atoms with Crippen molar-refractivity contribution in [2.45, 2.75) is 39.0 Å². The SMILES string of the molecule is CCCCC1=C(c2cccc(/C=N/O)c2)/C(=N/O)CC1. The zero-order valence-corrected chi connectivity index (χ0v) is 11.7. The van der Waals surface area contributed by atoms with Crippen molar-refractivity contribution in [3.8, 4) is 0 Å². The van der Waals surface area contributed by atoms with Crippen molar-refractivity contribution in [2.24, 2.45) is 10.3 Å². The molecule has 0 spiro atoms. The van der Waals surface area contributed by atoms with E-state index in [1.165, 1.54) is 11.8 Å². The molecular weight excluding hydrogens is 252 g/mol. The summed E-state index contributed by atoms with van der Waals surface area (Å²) in [5.74, 6) is 0. The first-order valence-electron chi connectivity index (χ1n) is 7.01. The third-order valence-electron chi connectivity index (χ3n) is 3.64. The van der Waals surface area contributed by atoms with Crippen LogP contribution in [0.15, 0.2) is 40.1 Å². The lowest BCUT2D eigenvalue weighted by Gasteiger charge is -2.08. The Morgan fingerprint density at radius 1 is 1.25 bits per heavy atom. The van der Waals surface area contributed by atoms with Gasteiger partial charge in [-0.2, -0.15) is 0 Å². The lowest BCUT2D eigenvalue weighted by molar-refractivity contribution is 0.319. The summed E-state index contributed by atoms with van der Waals surface area (Å²) in [6, 6.07) is 7.76. The van der Waals surface area contributed by atoms with E-state index in [-0.39, 0.29) is 0 Å². The Hall–Kier alpha value is -2.10. The topological polar surface area (TPSA) is 65.2 Å². The Kier molecular flexibility index (Phi) is 4.93. The highest BCUT2D eigenvalue weighted by molar-refractivity contribution is 6.26. The first-order chi connectivity index (χ1) is 9.80. The molecular formula is C16H20N2O2. The summed E-state index contributed by atoms with van der Waals surface area (Å²) < 4.78 is 0. The Labute approximate surface area is 119 Å². The van der Waals surface area contributed by atoms with Gasteiger partial charge in [0.15, 0.2) is 0 Å². The Morgan fingerprint density at radius 2 is 2.10 bits per heavy atom. The second-order valence-corrected chi connectivity index (χ2v) is 5.00. The Bertz CT molecular complexity index is 559. The van der Waals surface area contributed by atoms with E-state index >= 15 is 0 Å². The lowest BCUT2D eigenvalue weighted by atomic mass is 9.97. The van der Waals surface area contributed by atoms with Gasteiger partial charge in [-0.3, -0.25) is 0 Å². The highest BCUT2D eigenvalue weighted by Gasteiger charge is 2.22. The molecule has 2 N–H and O–H groups in total. The van der Waals surface area contributed by atoms with Gasteiger partial charge in [-0.25, -0.2) is 0 Å². The molecule has 106 valence electrons. The summed E-state index contributed by atoms with van der Waals surface area (Å²) in [5.41, 5.74) is 5.04. The molecule has 1 aromatic rings. The minimum absolute atomic E-state index is 0.759. The normalized spacial score (nSPS) is 17.6. The van der Waals surface area contributed by atoms with Crippen LogP contribution in [-0.2, 0) is 0 Å². The van der Waals surface area contributed by atoms with Gasteiger partial charge in [0.1, 0.15) is 0 Å². The summed E-state index contributed by atoms with van der Waals surface area (Å²) in [5, 5.41) is 24.4. The maximum atomic E-state index is 9.20. The monoisotopic (exact) mass is 272 g/mol. The summed E-state index contributed by atoms with van der Waals surface area (Å²) in [4.78, 5) is 0. The van der Waals surface area contributed by atoms with E-state index in [2.05, 4.69) is 17.2 Å². The summed E-state index contributed by atoms with van der Waals surface area (Å²) in [7, 11) is 0. The van der Waals surface area contributed by atoms with Gasteiger partial charge in [-0.05, 0) is 42.9 Å². The van der Waals surface area contributed by atoms with Gasteiger partial charge in [0, 0.05) is 5.57 Å². The number of hydrogen-bond donors (Lipinski definition) is 2. The van der Waals surface area contributed by atoms with Crippen LogP contribution in [0.5, 0.6) is 0 Å². The summed E-state index contributed by atoms with van der Waals surface area (Å²) >= 11 is 0. The number of hydrogen-bond acceptors (Lipinski definition) is 4. The van der Waals surface area contributed by atoms with Crippen molar-refractivity contribution < 1.29 is 10.4 Å². The Balaban J connectivity index is 2.41. The van der Waals surface area contributed by atoms with E-state index in [1.54, 1.807) is 0 Å². The number of benzene rings is 1. The minimum atomic E-state index is 0.759. The lowest BCUT2D eigenvalue weighted by Crippen LogP contribution is -1.98. The number of allylic oxidation sites excluding steroid dienone is 2. The van der Waals surface area contributed by atoms with Crippen LogP contribution in [0, 0.1) is 0 Å². The largest absolute Gasteiger partial charge is 0.411 e. The second-order valence-electron chi connectivity index (χ2n) is 5.00. The summed E-state index contributed by atoms with van der Waals surface area (Å²) in [6.07, 6.45) is 6.51. The first kappa shape index (κ1) is 14.3. The van der Waals surface area contributed by atoms with Crippen LogP contribution < -0.4 is 0 Å². The first-order valence-corrected chi connectivity index (χ1v) is 7.01. The van der Waals surface area contributed by atoms with Crippen LogP contribution in [-0.4, -0.2) is 22.3 Å². The fourth-order valence-electron chi connectivity index (χ4n) is 2.68. The fourth-order valence-corrected chi connectivity index (χ4v) is 2.68. The van der Waals surface area contributed by atoms with Crippen LogP contribution in [0.3, 0.4) is 0 Å². The number of unbranched alkanes of at least 4 members (excludes halogenated alkanes) is 1. The molecule has 0 radical (unpaired) electrons. The van der Waals surface area contributed by atoms with Gasteiger partial charge in [-0.15, -0.1) is 0 Å². The van der Waals surface area contributed by atoms with E-state index in [0.29, 0.717) is 0 Å². The molecule has 1 aliphatic rings. The maximum absolute atomic E-state index is 9.20. The van der Waals surface area contributed by atoms with Gasteiger partial charge < -0.3 is 10.4 Å². The standard InChI is InChI=1S/C16H20N2O2/c1-2-3-6-13-8-9-15(18-20)16(13)14-7-4-5-12(10-14)11-17-19/h4-5,7,10-11,19-20H,2-3,6,8-9H2,1H3/b17-11+,18-15+. The predicted molar refractivity (Wildman–Crippen MR) is 80.7 cm³/mol. The third-order valence-corrected chi connectivity index (χ3v) is 3.64. The van der Waals surface area contributed by atoms with Crippen molar-refractivity contribution in [2.75, 3.05) is 0 Å². The van der Waals surface area contributed by atoms with E-state index in [9.17, 15) is 5.21 Å². The van der Waals surface area contributed by atoms with Crippen LogP contribution in [0.4, 0.5) is 0 Å². The van der Waals surface area contributed by atoms with E-state index in [1.807, 2.05) is 24.3 Å². The second kappa shape index (κ2) is 6.89. The minimum Gasteiger partial charge on any atom is -0.411 e. The van der Waals surface area contributed by atoms with Crippen LogP contribution >= 0.6 is 0 Å². The average molecular weight is 272 g/mol. The zero-order valence-electron chi connectivity index (χ0n) is 11.7. The highest BCUT2D eigenvalue weighted by atomic mass is 16.4. The van der Waals surface area contributed by atoms with Gasteiger partial charge in [-0.1, -0.05) is 47.4 Å². The third kappa shape index (κ3) is 3.07. The van der Waals surface area contributed by atoms with E-state index in [4.69, 9.17) is 5.21 Å². The molecule has 0 fully saturated rings. The van der Waals surface area contributed by atoms with Crippen molar-refractivity contribution in [3.05, 3.63) is 41.0 Å². The molecule has 1 aromatic carbocycles. The van der Waals surface area contributed by atoms with Crippen molar-refractivity contribution in [1.82, 2.24) is 0 Å². The van der Waals surface area contributed by atoms with Crippen LogP contribution in [0.2, 0.25) is 0 Å². The molecule has 0 aliphatic heterocycles. The quantitative estimate of drug-likeness (QED) is 0.482. The van der Waals surface area contributed by atoms with E-state index in [0.717, 1.165) is 54.5 Å². The molecule has 0 aromatic heterocycles. The van der Waals surface area contributed by atoms with Gasteiger partial charge in [0.05, 0.1) is 11.9 Å². The highest BCUT2D eigenvalue weighted by Crippen LogP contribution is 2.35.